The van der Waals surface area contributed by atoms with E-state index in [0.29, 0.717) is 11.0 Å². The molecule has 7 atom stereocenters. The van der Waals surface area contributed by atoms with Crippen LogP contribution < -0.4 is 5.32 Å². The summed E-state index contributed by atoms with van der Waals surface area (Å²) in [6, 6.07) is 0. The Labute approximate surface area is 137 Å². The molecule has 4 aliphatic rings. The summed E-state index contributed by atoms with van der Waals surface area (Å²) in [5.41, 5.74) is 2.77. The molecule has 124 valence electrons. The molecule has 0 aromatic heterocycles. The van der Waals surface area contributed by atoms with Crippen LogP contribution in [-0.2, 0) is 0 Å². The predicted octanol–water partition coefficient (Wildman–Crippen LogP) is 4.16. The third-order valence-corrected chi connectivity index (χ3v) is 8.26. The van der Waals surface area contributed by atoms with E-state index in [4.69, 9.17) is 0 Å². The average Bonchev–Trinajstić information content (AvgIpc) is 2.45. The third-order valence-electron chi connectivity index (χ3n) is 8.26. The monoisotopic (exact) mass is 301 g/mol. The lowest BCUT2D eigenvalue weighted by Gasteiger charge is -2.63. The number of allylic oxidation sites excluding steroid dienone is 1. The van der Waals surface area contributed by atoms with Gasteiger partial charge in [-0.2, -0.15) is 7.05 Å². The second kappa shape index (κ2) is 4.85. The quantitative estimate of drug-likeness (QED) is 0.553. The van der Waals surface area contributed by atoms with Gasteiger partial charge in [-0.3, -0.25) is 0 Å². The number of hydrogen-bond donors (Lipinski definition) is 1. The minimum absolute atomic E-state index is 0.408. The van der Waals surface area contributed by atoms with E-state index in [1.807, 2.05) is 5.57 Å². The molecule has 0 heterocycles. The van der Waals surface area contributed by atoms with Crippen LogP contribution >= 0.6 is 0 Å². The molecule has 0 spiro atoms. The van der Waals surface area contributed by atoms with Gasteiger partial charge in [0.15, 0.2) is 0 Å². The molecule has 3 saturated carbocycles. The average molecular weight is 302 g/mol. The summed E-state index contributed by atoms with van der Waals surface area (Å²) in [5.74, 6) is 5.44. The number of nitrogens with two attached hydrogens (primary N) is 1. The lowest BCUT2D eigenvalue weighted by molar-refractivity contribution is -0.701. The van der Waals surface area contributed by atoms with Crippen LogP contribution in [-0.4, -0.2) is 5.54 Å². The fourth-order valence-electron chi connectivity index (χ4n) is 7.42. The van der Waals surface area contributed by atoms with Gasteiger partial charge in [-0.1, -0.05) is 39.3 Å². The van der Waals surface area contributed by atoms with Crippen LogP contribution in [0.3, 0.4) is 0 Å². The zero-order valence-electron chi connectivity index (χ0n) is 15.1. The van der Waals surface area contributed by atoms with Gasteiger partial charge in [0, 0.05) is 18.3 Å². The SMILES string of the molecule is [CH2-][NH2+][C@@]12CC=C3CC(C)(C)C[C@@H]4C[C@H](C)C(CC[C@@H]1C)[C@H]2[C@@H]34. The summed E-state index contributed by atoms with van der Waals surface area (Å²) in [6.45, 7) is 10.1. The molecule has 1 nitrogen and oxygen atoms in total. The van der Waals surface area contributed by atoms with Crippen molar-refractivity contribution in [3.05, 3.63) is 18.7 Å². The van der Waals surface area contributed by atoms with E-state index >= 15 is 0 Å². The van der Waals surface area contributed by atoms with E-state index in [-0.39, 0.29) is 0 Å². The largest absolute Gasteiger partial charge is 0.473 e. The van der Waals surface area contributed by atoms with Crippen molar-refractivity contribution >= 4 is 0 Å². The van der Waals surface area contributed by atoms with E-state index in [9.17, 15) is 0 Å². The lowest BCUT2D eigenvalue weighted by atomic mass is 9.43. The highest BCUT2D eigenvalue weighted by Gasteiger charge is 2.61. The Morgan fingerprint density at radius 3 is 2.73 bits per heavy atom. The summed E-state index contributed by atoms with van der Waals surface area (Å²) in [4.78, 5) is 0. The van der Waals surface area contributed by atoms with Gasteiger partial charge in [0.05, 0.1) is 5.54 Å². The van der Waals surface area contributed by atoms with E-state index in [1.54, 1.807) is 0 Å². The highest BCUT2D eigenvalue weighted by Crippen LogP contribution is 2.63. The van der Waals surface area contributed by atoms with Gasteiger partial charge in [0.1, 0.15) is 0 Å². The Balaban J connectivity index is 1.82. The van der Waals surface area contributed by atoms with Gasteiger partial charge in [-0.05, 0) is 61.2 Å². The van der Waals surface area contributed by atoms with Crippen LogP contribution in [0.1, 0.15) is 66.2 Å². The summed E-state index contributed by atoms with van der Waals surface area (Å²) < 4.78 is 0. The molecule has 22 heavy (non-hydrogen) atoms. The molecular formula is C21H35N. The molecule has 4 aliphatic carbocycles. The number of rotatable bonds is 1. The van der Waals surface area contributed by atoms with Crippen LogP contribution in [0.2, 0.25) is 0 Å². The van der Waals surface area contributed by atoms with Crippen LogP contribution in [0.15, 0.2) is 11.6 Å². The minimum Gasteiger partial charge on any atom is -0.473 e. The van der Waals surface area contributed by atoms with Crippen molar-refractivity contribution in [2.45, 2.75) is 71.8 Å². The Morgan fingerprint density at radius 2 is 2.00 bits per heavy atom. The van der Waals surface area contributed by atoms with Gasteiger partial charge in [0.2, 0.25) is 0 Å². The van der Waals surface area contributed by atoms with Gasteiger partial charge < -0.3 is 5.32 Å². The van der Waals surface area contributed by atoms with Crippen LogP contribution in [0.4, 0.5) is 0 Å². The maximum atomic E-state index is 4.36. The first-order valence-corrected chi connectivity index (χ1v) is 9.70. The fourth-order valence-corrected chi connectivity index (χ4v) is 7.42. The zero-order chi connectivity index (χ0) is 15.7. The van der Waals surface area contributed by atoms with Crippen LogP contribution in [0.5, 0.6) is 0 Å². The molecule has 0 aliphatic heterocycles. The molecule has 0 aromatic carbocycles. The smallest absolute Gasteiger partial charge is 0.0821 e. The van der Waals surface area contributed by atoms with Crippen molar-refractivity contribution in [3.8, 4) is 0 Å². The standard InChI is InChI=1S/C21H35N/c1-13-10-16-12-20(3,4)11-15-8-9-21(22-5)14(2)6-7-17(13)19(21)18(15)16/h8,13-14,16-19H,5-7,9-12,22H2,1-4H3/t13-,14-,16-,17?,18-,19-,21-/m0/s1. The molecule has 3 fully saturated rings. The summed E-state index contributed by atoms with van der Waals surface area (Å²) in [6.07, 6.45) is 11.1. The summed E-state index contributed by atoms with van der Waals surface area (Å²) in [7, 11) is 4.36. The van der Waals surface area contributed by atoms with Gasteiger partial charge in [-0.25, -0.2) is 0 Å². The van der Waals surface area contributed by atoms with Crippen molar-refractivity contribution in [1.82, 2.24) is 0 Å². The van der Waals surface area contributed by atoms with E-state index in [0.717, 1.165) is 35.5 Å². The summed E-state index contributed by atoms with van der Waals surface area (Å²) in [5, 5.41) is 2.40. The normalized spacial score (nSPS) is 52.7. The lowest BCUT2D eigenvalue weighted by Crippen LogP contribution is -2.97. The molecule has 0 amide bonds. The molecule has 2 N–H and O–H groups in total. The maximum Gasteiger partial charge on any atom is 0.0821 e. The summed E-state index contributed by atoms with van der Waals surface area (Å²) >= 11 is 0. The van der Waals surface area contributed by atoms with E-state index in [2.05, 4.69) is 46.1 Å². The second-order valence-corrected chi connectivity index (χ2v) is 10.0. The molecule has 0 saturated heterocycles. The predicted molar refractivity (Wildman–Crippen MR) is 91.9 cm³/mol. The Morgan fingerprint density at radius 1 is 1.23 bits per heavy atom. The number of hydrogen-bond acceptors (Lipinski definition) is 0. The Bertz CT molecular complexity index is 490. The van der Waals surface area contributed by atoms with E-state index in [1.165, 1.54) is 38.5 Å². The van der Waals surface area contributed by atoms with Crippen molar-refractivity contribution in [2.75, 3.05) is 0 Å². The van der Waals surface area contributed by atoms with Gasteiger partial charge >= 0.3 is 0 Å². The maximum absolute atomic E-state index is 4.36. The van der Waals surface area contributed by atoms with E-state index < -0.39 is 0 Å². The van der Waals surface area contributed by atoms with Crippen LogP contribution in [0.25, 0.3) is 0 Å². The highest BCUT2D eigenvalue weighted by molar-refractivity contribution is 5.26. The van der Waals surface area contributed by atoms with Gasteiger partial charge in [-0.15, -0.1) is 0 Å². The van der Waals surface area contributed by atoms with Crippen molar-refractivity contribution < 1.29 is 5.32 Å². The molecule has 0 aromatic rings. The highest BCUT2D eigenvalue weighted by atomic mass is 15.0. The molecule has 0 radical (unpaired) electrons. The molecule has 1 heteroatoms. The molecule has 1 unspecified atom stereocenters. The number of quaternary nitrogens is 1. The third kappa shape index (κ3) is 1.93. The Hall–Kier alpha value is -0.300. The van der Waals surface area contributed by atoms with Crippen molar-refractivity contribution in [1.29, 1.82) is 0 Å². The molecular weight excluding hydrogens is 266 g/mol. The van der Waals surface area contributed by atoms with Crippen molar-refractivity contribution in [2.24, 2.45) is 40.9 Å². The topological polar surface area (TPSA) is 16.6 Å². The first-order valence-electron chi connectivity index (χ1n) is 9.70. The van der Waals surface area contributed by atoms with Gasteiger partial charge in [0.25, 0.3) is 0 Å². The zero-order valence-corrected chi connectivity index (χ0v) is 15.1. The first-order chi connectivity index (χ1) is 10.4. The Kier molecular flexibility index (Phi) is 3.36. The second-order valence-electron chi connectivity index (χ2n) is 10.0. The molecule has 0 bridgehead atoms. The minimum atomic E-state index is 0.408. The van der Waals surface area contributed by atoms with Crippen molar-refractivity contribution in [3.63, 3.8) is 0 Å². The first kappa shape index (κ1) is 15.2. The molecule has 4 rings (SSSR count). The van der Waals surface area contributed by atoms with Crippen LogP contribution in [0, 0.1) is 48.0 Å². The fraction of sp³-hybridized carbons (Fsp3) is 0.857.